The Morgan fingerprint density at radius 2 is 2.24 bits per heavy atom. The van der Waals surface area contributed by atoms with Crippen LogP contribution in [-0.4, -0.2) is 25.8 Å². The number of rotatable bonds is 5. The molecule has 0 heterocycles. The minimum Gasteiger partial charge on any atom is -0.380 e. The molecule has 0 atom stereocenters. The molecule has 0 saturated carbocycles. The van der Waals surface area contributed by atoms with E-state index in [-0.39, 0.29) is 6.03 Å². The summed E-state index contributed by atoms with van der Waals surface area (Å²) in [4.78, 5) is 11.5. The Kier molecular flexibility index (Phi) is 5.80. The van der Waals surface area contributed by atoms with Crippen molar-refractivity contribution in [3.8, 4) is 0 Å². The highest BCUT2D eigenvalue weighted by molar-refractivity contribution is 6.33. The predicted octanol–water partition coefficient (Wildman–Crippen LogP) is 2.81. The van der Waals surface area contributed by atoms with Crippen LogP contribution in [0.4, 0.5) is 10.5 Å². The van der Waals surface area contributed by atoms with Crippen molar-refractivity contribution in [3.63, 3.8) is 0 Å². The highest BCUT2D eigenvalue weighted by Gasteiger charge is 2.04. The van der Waals surface area contributed by atoms with Gasteiger partial charge in [-0.1, -0.05) is 17.7 Å². The topological polar surface area (TPSA) is 50.4 Å². The molecule has 0 fully saturated rings. The number of hydrogen-bond acceptors (Lipinski definition) is 2. The third-order valence-corrected chi connectivity index (χ3v) is 2.42. The Bertz CT molecular complexity index is 383. The van der Waals surface area contributed by atoms with Crippen LogP contribution in [0.15, 0.2) is 18.2 Å². The minimum atomic E-state index is -0.282. The van der Waals surface area contributed by atoms with E-state index in [2.05, 4.69) is 10.6 Å². The number of urea groups is 1. The smallest absolute Gasteiger partial charge is 0.319 e. The minimum absolute atomic E-state index is 0.282. The maximum Gasteiger partial charge on any atom is 0.319 e. The lowest BCUT2D eigenvalue weighted by Crippen LogP contribution is -2.31. The number of hydrogen-bond donors (Lipinski definition) is 2. The highest BCUT2D eigenvalue weighted by atomic mass is 35.5. The van der Waals surface area contributed by atoms with Crippen molar-refractivity contribution < 1.29 is 9.53 Å². The van der Waals surface area contributed by atoms with E-state index in [1.54, 1.807) is 12.1 Å². The van der Waals surface area contributed by atoms with Crippen LogP contribution in [-0.2, 0) is 4.74 Å². The molecule has 0 radical (unpaired) electrons. The van der Waals surface area contributed by atoms with Gasteiger partial charge in [-0.25, -0.2) is 4.79 Å². The van der Waals surface area contributed by atoms with Crippen molar-refractivity contribution in [2.24, 2.45) is 0 Å². The van der Waals surface area contributed by atoms with E-state index in [4.69, 9.17) is 16.3 Å². The number of halogens is 1. The lowest BCUT2D eigenvalue weighted by Gasteiger charge is -2.09. The number of nitrogens with one attached hydrogen (secondary N) is 2. The molecular formula is C12H17ClN2O2. The average molecular weight is 257 g/mol. The quantitative estimate of drug-likeness (QED) is 0.796. The molecule has 0 aliphatic rings. The zero-order valence-corrected chi connectivity index (χ0v) is 10.8. The number of carbonyl (C=O) groups excluding carboxylic acids is 1. The lowest BCUT2D eigenvalue weighted by atomic mass is 10.2. The van der Waals surface area contributed by atoms with Crippen molar-refractivity contribution in [1.29, 1.82) is 0 Å². The molecular weight excluding hydrogens is 240 g/mol. The first kappa shape index (κ1) is 13.8. The Morgan fingerprint density at radius 1 is 1.47 bits per heavy atom. The first-order valence-electron chi connectivity index (χ1n) is 5.52. The number of benzene rings is 1. The van der Waals surface area contributed by atoms with Crippen molar-refractivity contribution in [1.82, 2.24) is 5.32 Å². The zero-order chi connectivity index (χ0) is 12.7. The highest BCUT2D eigenvalue weighted by Crippen LogP contribution is 2.22. The molecule has 0 aromatic heterocycles. The van der Waals surface area contributed by atoms with Gasteiger partial charge < -0.3 is 15.4 Å². The van der Waals surface area contributed by atoms with Gasteiger partial charge in [0.05, 0.1) is 17.3 Å². The first-order valence-corrected chi connectivity index (χ1v) is 5.90. The fraction of sp³-hybridized carbons (Fsp3) is 0.417. The van der Waals surface area contributed by atoms with E-state index in [0.717, 1.165) is 5.56 Å². The number of aryl methyl sites for hydroxylation is 1. The van der Waals surface area contributed by atoms with E-state index in [1.807, 2.05) is 19.9 Å². The summed E-state index contributed by atoms with van der Waals surface area (Å²) in [6.45, 7) is 5.48. The monoisotopic (exact) mass is 256 g/mol. The molecule has 2 amide bonds. The van der Waals surface area contributed by atoms with E-state index in [9.17, 15) is 4.79 Å². The van der Waals surface area contributed by atoms with Gasteiger partial charge in [0.15, 0.2) is 0 Å². The largest absolute Gasteiger partial charge is 0.380 e. The lowest BCUT2D eigenvalue weighted by molar-refractivity contribution is 0.150. The van der Waals surface area contributed by atoms with Gasteiger partial charge in [0.25, 0.3) is 0 Å². The normalized spacial score (nSPS) is 10.1. The number of carbonyl (C=O) groups is 1. The summed E-state index contributed by atoms with van der Waals surface area (Å²) in [5.41, 5.74) is 1.66. The summed E-state index contributed by atoms with van der Waals surface area (Å²) in [5, 5.41) is 5.88. The molecule has 2 N–H and O–H groups in total. The molecule has 0 spiro atoms. The van der Waals surface area contributed by atoms with E-state index in [0.29, 0.717) is 30.5 Å². The third kappa shape index (κ3) is 5.06. The van der Waals surface area contributed by atoms with Gasteiger partial charge in [-0.2, -0.15) is 0 Å². The van der Waals surface area contributed by atoms with Gasteiger partial charge in [0, 0.05) is 13.2 Å². The van der Waals surface area contributed by atoms with Crippen LogP contribution >= 0.6 is 11.6 Å². The summed E-state index contributed by atoms with van der Waals surface area (Å²) in [6.07, 6.45) is 0. The molecule has 4 nitrogen and oxygen atoms in total. The second-order valence-corrected chi connectivity index (χ2v) is 3.97. The van der Waals surface area contributed by atoms with Gasteiger partial charge in [-0.05, 0) is 31.5 Å². The summed E-state index contributed by atoms with van der Waals surface area (Å²) >= 11 is 5.99. The second-order valence-electron chi connectivity index (χ2n) is 3.56. The van der Waals surface area contributed by atoms with E-state index in [1.165, 1.54) is 0 Å². The van der Waals surface area contributed by atoms with Crippen LogP contribution in [0.3, 0.4) is 0 Å². The Labute approximate surface area is 106 Å². The van der Waals surface area contributed by atoms with Crippen molar-refractivity contribution in [2.45, 2.75) is 13.8 Å². The molecule has 17 heavy (non-hydrogen) atoms. The summed E-state index contributed by atoms with van der Waals surface area (Å²) in [7, 11) is 0. The third-order valence-electron chi connectivity index (χ3n) is 2.11. The fourth-order valence-electron chi connectivity index (χ4n) is 1.27. The van der Waals surface area contributed by atoms with Crippen LogP contribution < -0.4 is 10.6 Å². The van der Waals surface area contributed by atoms with Crippen molar-refractivity contribution in [2.75, 3.05) is 25.1 Å². The molecule has 0 saturated heterocycles. The molecule has 1 aromatic carbocycles. The van der Waals surface area contributed by atoms with Gasteiger partial charge >= 0.3 is 6.03 Å². The van der Waals surface area contributed by atoms with Crippen LogP contribution in [0.25, 0.3) is 0 Å². The molecule has 94 valence electrons. The summed E-state index contributed by atoms with van der Waals surface area (Å²) < 4.78 is 5.10. The molecule has 1 rings (SSSR count). The van der Waals surface area contributed by atoms with Gasteiger partial charge in [0.2, 0.25) is 0 Å². The Hall–Kier alpha value is -1.26. The number of amides is 2. The first-order chi connectivity index (χ1) is 8.13. The predicted molar refractivity (Wildman–Crippen MR) is 69.7 cm³/mol. The van der Waals surface area contributed by atoms with E-state index >= 15 is 0 Å². The van der Waals surface area contributed by atoms with Crippen molar-refractivity contribution in [3.05, 3.63) is 28.8 Å². The summed E-state index contributed by atoms with van der Waals surface area (Å²) in [6, 6.07) is 5.19. The SMILES string of the molecule is CCOCCNC(=O)Nc1ccc(C)cc1Cl. The molecule has 1 aromatic rings. The van der Waals surface area contributed by atoms with Crippen LogP contribution in [0.5, 0.6) is 0 Å². The molecule has 0 aliphatic carbocycles. The molecule has 0 aliphatic heterocycles. The molecule has 0 bridgehead atoms. The fourth-order valence-corrected chi connectivity index (χ4v) is 1.55. The second kappa shape index (κ2) is 7.14. The van der Waals surface area contributed by atoms with Crippen LogP contribution in [0, 0.1) is 6.92 Å². The van der Waals surface area contributed by atoms with Gasteiger partial charge in [0.1, 0.15) is 0 Å². The van der Waals surface area contributed by atoms with Crippen LogP contribution in [0.1, 0.15) is 12.5 Å². The van der Waals surface area contributed by atoms with E-state index < -0.39 is 0 Å². The maximum absolute atomic E-state index is 11.5. The summed E-state index contributed by atoms with van der Waals surface area (Å²) in [5.74, 6) is 0. The molecule has 0 unspecified atom stereocenters. The zero-order valence-electron chi connectivity index (χ0n) is 10.0. The number of ether oxygens (including phenoxy) is 1. The average Bonchev–Trinajstić information content (AvgIpc) is 2.28. The Balaban J connectivity index is 2.40. The Morgan fingerprint density at radius 3 is 2.88 bits per heavy atom. The molecule has 5 heteroatoms. The standard InChI is InChI=1S/C12H17ClN2O2/c1-3-17-7-6-14-12(16)15-11-5-4-9(2)8-10(11)13/h4-5,8H,3,6-7H2,1-2H3,(H2,14,15,16). The van der Waals surface area contributed by atoms with Crippen molar-refractivity contribution >= 4 is 23.3 Å². The number of anilines is 1. The van der Waals surface area contributed by atoms with Gasteiger partial charge in [-0.15, -0.1) is 0 Å². The van der Waals surface area contributed by atoms with Crippen LogP contribution in [0.2, 0.25) is 5.02 Å². The maximum atomic E-state index is 11.5. The van der Waals surface area contributed by atoms with Gasteiger partial charge in [-0.3, -0.25) is 0 Å².